The van der Waals surface area contributed by atoms with Gasteiger partial charge in [-0.3, -0.25) is 0 Å². The van der Waals surface area contributed by atoms with Crippen LogP contribution in [0, 0.1) is 0 Å². The van der Waals surface area contributed by atoms with Gasteiger partial charge in [-0.2, -0.15) is 0 Å². The molecule has 2 heterocycles. The van der Waals surface area contributed by atoms with Gasteiger partial charge in [-0.05, 0) is 230 Å². The number of hydrogen-bond donors (Lipinski definition) is 2. The molecule has 2 aromatic heterocycles. The summed E-state index contributed by atoms with van der Waals surface area (Å²) in [6, 6.07) is 138. The van der Waals surface area contributed by atoms with E-state index in [2.05, 4.69) is 368 Å². The fourth-order valence-electron chi connectivity index (χ4n) is 16.8. The van der Waals surface area contributed by atoms with Crippen molar-refractivity contribution in [3.63, 3.8) is 0 Å². The van der Waals surface area contributed by atoms with Crippen molar-refractivity contribution in [3.8, 4) is 77.9 Å². The average molecular weight is 1470 g/mol. The van der Waals surface area contributed by atoms with E-state index in [-0.39, 0.29) is 0 Å². The standard InChI is InChI=1S/C52H32O.C30H21BO2.C22H13BrO/c1-2-12-39-32-50-48(30-38(39)11-1)47-31-40(28-29-49(47)53-50)33-20-24-36(25-21-33)51-43-15-5-7-17-45(43)52(46-18-8-6-16-44(46)51)37-26-22-35(23-27-37)42-19-9-13-34-10-3-4-14-41(34)42;32-31(33)30-27-13-5-3-11-25(27)29(26-12-4-6-14-28(26)30)22-18-16-21(17-19-22)24-15-7-9-20-8-1-2-10-23(20)24;23-18-8-5-14(6-9-18)17-7-10-21-19(12-17)20-11-15-3-1-2-4-16(15)13-22(20)24-21/h1-32H;1-19,32-33H;1-13H. The van der Waals surface area contributed by atoms with E-state index in [0.29, 0.717) is 5.46 Å². The molecule has 0 spiro atoms. The normalized spacial score (nSPS) is 11.6. The lowest BCUT2D eigenvalue weighted by Gasteiger charge is -2.18. The second-order valence-electron chi connectivity index (χ2n) is 28.4. The van der Waals surface area contributed by atoms with Crippen molar-refractivity contribution in [1.29, 1.82) is 0 Å². The van der Waals surface area contributed by atoms with Crippen LogP contribution in [-0.4, -0.2) is 17.2 Å². The molecule has 22 aromatic rings. The van der Waals surface area contributed by atoms with Crippen LogP contribution in [-0.2, 0) is 0 Å². The zero-order valence-corrected chi connectivity index (χ0v) is 61.2. The van der Waals surface area contributed by atoms with E-state index in [1.807, 2.05) is 36.4 Å². The fourth-order valence-corrected chi connectivity index (χ4v) is 17.1. The number of halogens is 1. The summed E-state index contributed by atoms with van der Waals surface area (Å²) in [5.41, 5.74) is 21.1. The summed E-state index contributed by atoms with van der Waals surface area (Å²) >= 11 is 3.49. The summed E-state index contributed by atoms with van der Waals surface area (Å²) in [6.07, 6.45) is 0. The smallest absolute Gasteiger partial charge is 0.456 e. The molecule has 6 heteroatoms. The first kappa shape index (κ1) is 66.0. The Morgan fingerprint density at radius 1 is 0.191 bits per heavy atom. The van der Waals surface area contributed by atoms with E-state index >= 15 is 0 Å². The van der Waals surface area contributed by atoms with Gasteiger partial charge >= 0.3 is 7.12 Å². The third-order valence-electron chi connectivity index (χ3n) is 22.1. The maximum atomic E-state index is 10.2. The fraction of sp³-hybridized carbons (Fsp3) is 0. The third-order valence-corrected chi connectivity index (χ3v) is 22.6. The Morgan fingerprint density at radius 2 is 0.455 bits per heavy atom. The Hall–Kier alpha value is -13.5. The Bertz CT molecular complexity index is 7240. The van der Waals surface area contributed by atoms with Gasteiger partial charge in [0.2, 0.25) is 0 Å². The van der Waals surface area contributed by atoms with Crippen molar-refractivity contribution in [3.05, 3.63) is 393 Å². The lowest BCUT2D eigenvalue weighted by Crippen LogP contribution is -2.31. The third kappa shape index (κ3) is 11.8. The van der Waals surface area contributed by atoms with Gasteiger partial charge in [0.25, 0.3) is 0 Å². The Balaban J connectivity index is 0.000000118. The summed E-state index contributed by atoms with van der Waals surface area (Å²) in [6.45, 7) is 0. The maximum Gasteiger partial charge on any atom is 0.489 e. The van der Waals surface area contributed by atoms with Crippen LogP contribution in [0.4, 0.5) is 0 Å². The first-order chi connectivity index (χ1) is 54.3. The Kier molecular flexibility index (Phi) is 16.6. The molecule has 0 aliphatic carbocycles. The van der Waals surface area contributed by atoms with E-state index in [0.717, 1.165) is 75.6 Å². The van der Waals surface area contributed by atoms with Crippen LogP contribution in [0.15, 0.2) is 402 Å². The number of benzene rings is 20. The summed E-state index contributed by atoms with van der Waals surface area (Å²) in [5.74, 6) is 0. The van der Waals surface area contributed by atoms with Crippen molar-refractivity contribution >= 4 is 159 Å². The van der Waals surface area contributed by atoms with Crippen molar-refractivity contribution in [2.75, 3.05) is 0 Å². The largest absolute Gasteiger partial charge is 0.489 e. The highest BCUT2D eigenvalue weighted by Gasteiger charge is 2.24. The highest BCUT2D eigenvalue weighted by atomic mass is 79.9. The van der Waals surface area contributed by atoms with Gasteiger partial charge in [0.05, 0.1) is 0 Å². The number of fused-ring (bicyclic) bond motifs is 14. The van der Waals surface area contributed by atoms with Crippen LogP contribution in [0.5, 0.6) is 0 Å². The minimum atomic E-state index is -1.54. The Morgan fingerprint density at radius 3 is 0.818 bits per heavy atom. The van der Waals surface area contributed by atoms with E-state index in [4.69, 9.17) is 8.83 Å². The second kappa shape index (κ2) is 27.7. The summed E-state index contributed by atoms with van der Waals surface area (Å²) in [5, 5.41) is 43.6. The molecule has 0 radical (unpaired) electrons. The minimum absolute atomic E-state index is 0.553. The monoisotopic (exact) mass is 1470 g/mol. The van der Waals surface area contributed by atoms with E-state index < -0.39 is 7.12 Å². The number of hydrogen-bond acceptors (Lipinski definition) is 4. The first-order valence-electron chi connectivity index (χ1n) is 37.2. The molecule has 0 saturated heterocycles. The lowest BCUT2D eigenvalue weighted by atomic mass is 9.72. The van der Waals surface area contributed by atoms with Gasteiger partial charge in [-0.1, -0.05) is 344 Å². The predicted octanol–water partition coefficient (Wildman–Crippen LogP) is 28.2. The van der Waals surface area contributed by atoms with Gasteiger partial charge in [0.15, 0.2) is 0 Å². The zero-order valence-electron chi connectivity index (χ0n) is 59.6. The molecule has 0 amide bonds. The molecule has 0 unspecified atom stereocenters. The SMILES string of the molecule is Brc1ccc(-c2ccc3oc4cc5ccccc5cc4c3c2)cc1.OB(O)c1c2ccccc2c(-c2ccc(-c3cccc4ccccc34)cc2)c2ccccc12.c1ccc2cc3c(cc2c1)oc1ccc(-c2ccc(-c4c5ccccc5c(-c5ccc(-c6cccc7ccccc67)cc5)c5ccccc45)cc2)cc13. The second-order valence-corrected chi connectivity index (χ2v) is 29.3. The lowest BCUT2D eigenvalue weighted by molar-refractivity contribution is 0.426. The van der Waals surface area contributed by atoms with Gasteiger partial charge in [0.1, 0.15) is 22.3 Å². The van der Waals surface area contributed by atoms with Gasteiger partial charge < -0.3 is 18.9 Å². The van der Waals surface area contributed by atoms with Gasteiger partial charge in [-0.15, -0.1) is 0 Å². The van der Waals surface area contributed by atoms with Crippen LogP contribution in [0.3, 0.4) is 0 Å². The van der Waals surface area contributed by atoms with E-state index in [1.54, 1.807) is 0 Å². The van der Waals surface area contributed by atoms with Gasteiger partial charge in [0, 0.05) is 26.0 Å². The molecule has 110 heavy (non-hydrogen) atoms. The quantitative estimate of drug-likeness (QED) is 0.118. The molecule has 0 aliphatic rings. The van der Waals surface area contributed by atoms with Crippen LogP contribution in [0.1, 0.15) is 0 Å². The van der Waals surface area contributed by atoms with E-state index in [1.165, 1.54) is 137 Å². The number of rotatable bonds is 8. The molecule has 0 bridgehead atoms. The highest BCUT2D eigenvalue weighted by Crippen LogP contribution is 2.46. The van der Waals surface area contributed by atoms with Crippen LogP contribution < -0.4 is 5.46 Å². The van der Waals surface area contributed by atoms with Crippen LogP contribution >= 0.6 is 15.9 Å². The maximum absolute atomic E-state index is 10.2. The first-order valence-corrected chi connectivity index (χ1v) is 38.0. The average Bonchev–Trinajstić information content (AvgIpc) is 1.11. The Labute approximate surface area is 643 Å². The van der Waals surface area contributed by atoms with Crippen LogP contribution in [0.25, 0.3) is 208 Å². The van der Waals surface area contributed by atoms with Crippen molar-refractivity contribution in [2.24, 2.45) is 0 Å². The zero-order chi connectivity index (χ0) is 73.3. The molecule has 0 aliphatic heterocycles. The predicted molar refractivity (Wildman–Crippen MR) is 470 cm³/mol. The van der Waals surface area contributed by atoms with Crippen molar-refractivity contribution in [1.82, 2.24) is 0 Å². The molecule has 516 valence electrons. The van der Waals surface area contributed by atoms with Gasteiger partial charge in [-0.25, -0.2) is 0 Å². The molecule has 0 atom stereocenters. The highest BCUT2D eigenvalue weighted by molar-refractivity contribution is 9.10. The number of furan rings is 2. The summed E-state index contributed by atoms with van der Waals surface area (Å²) in [4.78, 5) is 0. The molecule has 0 fully saturated rings. The summed E-state index contributed by atoms with van der Waals surface area (Å²) in [7, 11) is -1.54. The van der Waals surface area contributed by atoms with E-state index in [9.17, 15) is 10.0 Å². The molecular weight excluding hydrogens is 1400 g/mol. The molecular formula is C104H66BBrO4. The van der Waals surface area contributed by atoms with Crippen LogP contribution in [0.2, 0.25) is 0 Å². The minimum Gasteiger partial charge on any atom is -0.456 e. The molecule has 22 rings (SSSR count). The van der Waals surface area contributed by atoms with Crippen molar-refractivity contribution < 1.29 is 18.9 Å². The van der Waals surface area contributed by atoms with Crippen molar-refractivity contribution in [2.45, 2.75) is 0 Å². The molecule has 2 N–H and O–H groups in total. The topological polar surface area (TPSA) is 66.7 Å². The molecule has 4 nitrogen and oxygen atoms in total. The summed E-state index contributed by atoms with van der Waals surface area (Å²) < 4.78 is 13.4. The molecule has 0 saturated carbocycles. The molecule has 20 aromatic carbocycles.